The van der Waals surface area contributed by atoms with Gasteiger partial charge in [0.05, 0.1) is 0 Å². The number of Topliss-reactive ketones (excluding diaryl/α,β-unsaturated/α-hetero) is 1. The number of aromatic hydroxyl groups is 1. The van der Waals surface area contributed by atoms with Crippen molar-refractivity contribution in [3.8, 4) is 5.75 Å². The third kappa shape index (κ3) is 14.7. The molecule has 0 spiro atoms. The van der Waals surface area contributed by atoms with Crippen molar-refractivity contribution in [3.63, 3.8) is 0 Å². The van der Waals surface area contributed by atoms with Crippen LogP contribution >= 0.6 is 0 Å². The number of nitrogens with two attached hydrogens (primary N) is 1. The van der Waals surface area contributed by atoms with Crippen LogP contribution in [0, 0.1) is 29.6 Å². The molecule has 2 bridgehead atoms. The van der Waals surface area contributed by atoms with Crippen molar-refractivity contribution in [1.29, 1.82) is 0 Å². The van der Waals surface area contributed by atoms with E-state index in [1.807, 2.05) is 6.92 Å². The number of fused-ring (bicyclic) bond motifs is 2. The van der Waals surface area contributed by atoms with E-state index in [0.717, 1.165) is 9.80 Å². The minimum atomic E-state index is -1.70. The lowest BCUT2D eigenvalue weighted by molar-refractivity contribution is -0.168. The number of esters is 1. The molecule has 3 rings (SSSR count). The van der Waals surface area contributed by atoms with Crippen LogP contribution in [0.4, 0.5) is 0 Å². The fourth-order valence-electron chi connectivity index (χ4n) is 8.13. The molecule has 3 unspecified atom stereocenters. The number of carbonyl (C=O) groups excluding carboxylic acids is 9. The second-order valence-electron chi connectivity index (χ2n) is 18.8. The Morgan fingerprint density at radius 2 is 1.52 bits per heavy atom. The molecule has 368 valence electrons. The number of phenolic OH excluding ortho intramolecular Hbond substituents is 1. The Labute approximate surface area is 388 Å². The number of aliphatic hydroxyl groups excluding tert-OH is 1. The van der Waals surface area contributed by atoms with E-state index < -0.39 is 120 Å². The zero-order chi connectivity index (χ0) is 49.7. The summed E-state index contributed by atoms with van der Waals surface area (Å²) in [6, 6.07) is -2.34. The highest BCUT2D eigenvalue weighted by Crippen LogP contribution is 2.28. The number of ether oxygens (including phenoxy) is 1. The fourth-order valence-corrected chi connectivity index (χ4v) is 8.13. The molecular formula is C47H73N7O12. The van der Waals surface area contributed by atoms with Gasteiger partial charge in [0, 0.05) is 38.1 Å². The smallest absolute Gasteiger partial charge is 0.329 e. The SMILES string of the molecule is CCC(C)C(=O)C[C@@H](CCC(N)=O)C(=O)N[C@@H]1C(=O)N[C@@H](CC(C)C)C(=O)NC2CC[C@H](O)N(C2=O)[C@@H](C(C)CC)C(=O)N(C)[C@@H](Cc2ccc(O)cc2)C(=O)N[C@@H](C(C)C)C(=O)O[C@@H]1C. The van der Waals surface area contributed by atoms with Crippen LogP contribution in [0.25, 0.3) is 0 Å². The third-order valence-electron chi connectivity index (χ3n) is 12.8. The summed E-state index contributed by atoms with van der Waals surface area (Å²) in [5, 5.41) is 32.1. The van der Waals surface area contributed by atoms with Crippen molar-refractivity contribution < 1.29 is 58.1 Å². The van der Waals surface area contributed by atoms with E-state index >= 15 is 0 Å². The molecule has 2 heterocycles. The number of nitrogens with zero attached hydrogens (tertiary/aromatic N) is 2. The predicted molar refractivity (Wildman–Crippen MR) is 242 cm³/mol. The van der Waals surface area contributed by atoms with Gasteiger partial charge in [0.15, 0.2) is 0 Å². The van der Waals surface area contributed by atoms with Gasteiger partial charge in [0.25, 0.3) is 0 Å². The Hall–Kier alpha value is -5.59. The van der Waals surface area contributed by atoms with Gasteiger partial charge in [-0.1, -0.05) is 73.9 Å². The molecule has 2 aliphatic rings. The standard InChI is InChI=1S/C47H73N7O12/c1-11-26(7)35(56)23-30(15-19-36(48)57)41(59)52-39-28(9)66-47(65)38(25(5)6)51-43(61)34(22-29-13-16-31(55)17-14-29)53(10)46(64)40(27(8)12-2)54-37(58)20-18-32(45(54)63)49-42(60)33(21-24(3)4)50-44(39)62/h13-14,16-17,24-28,30,32-34,37-40,55,58H,11-12,15,18-23H2,1-10H3,(H2,48,57)(H,49,60)(H,50,62)(H,51,61)(H,52,59)/t26?,27?,28-,30-,32?,33+,34+,37+,38+,39+,40+/m1/s1. The quantitative estimate of drug-likeness (QED) is 0.117. The number of piperidine rings is 1. The van der Waals surface area contributed by atoms with Gasteiger partial charge in [-0.3, -0.25) is 38.4 Å². The topological polar surface area (TPSA) is 284 Å². The number of likely N-dealkylation sites (N-methyl/N-ethyl adjacent to an activating group) is 1. The number of aliphatic hydroxyl groups is 1. The summed E-state index contributed by atoms with van der Waals surface area (Å²) < 4.78 is 5.88. The van der Waals surface area contributed by atoms with E-state index in [4.69, 9.17) is 10.5 Å². The molecule has 8 N–H and O–H groups in total. The van der Waals surface area contributed by atoms with Crippen molar-refractivity contribution in [2.24, 2.45) is 35.3 Å². The molecule has 2 saturated heterocycles. The number of carbonyl (C=O) groups is 9. The Balaban J connectivity index is 2.24. The molecule has 2 fully saturated rings. The number of primary amides is 1. The average molecular weight is 928 g/mol. The van der Waals surface area contributed by atoms with Crippen LogP contribution in [0.3, 0.4) is 0 Å². The molecule has 0 aliphatic carbocycles. The van der Waals surface area contributed by atoms with E-state index in [-0.39, 0.29) is 62.4 Å². The predicted octanol–water partition coefficient (Wildman–Crippen LogP) is 1.59. The van der Waals surface area contributed by atoms with Crippen molar-refractivity contribution in [1.82, 2.24) is 31.1 Å². The highest BCUT2D eigenvalue weighted by atomic mass is 16.5. The van der Waals surface area contributed by atoms with E-state index in [9.17, 15) is 53.4 Å². The van der Waals surface area contributed by atoms with E-state index in [0.29, 0.717) is 18.4 Å². The molecular weight excluding hydrogens is 855 g/mol. The molecule has 0 aromatic heterocycles. The summed E-state index contributed by atoms with van der Waals surface area (Å²) in [5.41, 5.74) is 5.94. The van der Waals surface area contributed by atoms with Crippen LogP contribution in [0.2, 0.25) is 0 Å². The maximum atomic E-state index is 14.8. The van der Waals surface area contributed by atoms with Crippen molar-refractivity contribution >= 4 is 53.1 Å². The lowest BCUT2D eigenvalue weighted by Gasteiger charge is -2.44. The van der Waals surface area contributed by atoms with Crippen LogP contribution in [0.1, 0.15) is 119 Å². The largest absolute Gasteiger partial charge is 0.508 e. The monoisotopic (exact) mass is 928 g/mol. The zero-order valence-electron chi connectivity index (χ0n) is 40.1. The first-order valence-corrected chi connectivity index (χ1v) is 23.2. The second kappa shape index (κ2) is 24.8. The van der Waals surface area contributed by atoms with Gasteiger partial charge in [0.2, 0.25) is 41.4 Å². The van der Waals surface area contributed by atoms with E-state index in [1.54, 1.807) is 60.6 Å². The maximum Gasteiger partial charge on any atom is 0.329 e. The number of cyclic esters (lactones) is 1. The molecule has 1 aromatic rings. The Morgan fingerprint density at radius 1 is 0.879 bits per heavy atom. The number of hydrogen-bond acceptors (Lipinski definition) is 12. The molecule has 11 atom stereocenters. The van der Waals surface area contributed by atoms with Crippen LogP contribution in [0.5, 0.6) is 5.75 Å². The van der Waals surface area contributed by atoms with Gasteiger partial charge in [-0.15, -0.1) is 0 Å². The number of phenols is 1. The molecule has 0 radical (unpaired) electrons. The first-order valence-electron chi connectivity index (χ1n) is 23.2. The first-order chi connectivity index (χ1) is 30.9. The van der Waals surface area contributed by atoms with E-state index in [1.165, 1.54) is 26.1 Å². The average Bonchev–Trinajstić information content (AvgIpc) is 3.25. The normalized spacial score (nSPS) is 26.5. The lowest BCUT2D eigenvalue weighted by Crippen LogP contribution is -2.66. The molecule has 19 heteroatoms. The third-order valence-corrected chi connectivity index (χ3v) is 12.8. The highest BCUT2D eigenvalue weighted by molar-refractivity contribution is 5.98. The molecule has 66 heavy (non-hydrogen) atoms. The summed E-state index contributed by atoms with van der Waals surface area (Å²) >= 11 is 0. The molecule has 19 nitrogen and oxygen atoms in total. The van der Waals surface area contributed by atoms with Crippen molar-refractivity contribution in [2.75, 3.05) is 7.05 Å². The summed E-state index contributed by atoms with van der Waals surface area (Å²) in [6.07, 6.45) is -2.84. The second-order valence-corrected chi connectivity index (χ2v) is 18.8. The van der Waals surface area contributed by atoms with Crippen molar-refractivity contribution in [2.45, 2.75) is 169 Å². The van der Waals surface area contributed by atoms with Gasteiger partial charge >= 0.3 is 5.97 Å². The number of nitrogens with one attached hydrogen (secondary N) is 4. The van der Waals surface area contributed by atoms with Crippen LogP contribution in [-0.4, -0.2) is 129 Å². The number of hydrogen-bond donors (Lipinski definition) is 7. The Bertz CT molecular complexity index is 1910. The molecule has 2 aliphatic heterocycles. The number of rotatable bonds is 16. The van der Waals surface area contributed by atoms with Crippen LogP contribution < -0.4 is 27.0 Å². The Morgan fingerprint density at radius 3 is 2.08 bits per heavy atom. The minimum absolute atomic E-state index is 0.0158. The van der Waals surface area contributed by atoms with Gasteiger partial charge in [-0.2, -0.15) is 0 Å². The maximum absolute atomic E-state index is 14.8. The summed E-state index contributed by atoms with van der Waals surface area (Å²) in [5.74, 6) is -9.77. The summed E-state index contributed by atoms with van der Waals surface area (Å²) in [4.78, 5) is 128. The molecule has 0 saturated carbocycles. The molecule has 7 amide bonds. The minimum Gasteiger partial charge on any atom is -0.508 e. The first kappa shape index (κ1) is 54.7. The zero-order valence-corrected chi connectivity index (χ0v) is 40.1. The van der Waals surface area contributed by atoms with Gasteiger partial charge in [-0.05, 0) is 74.5 Å². The number of benzene rings is 1. The summed E-state index contributed by atoms with van der Waals surface area (Å²) in [7, 11) is 1.38. The molecule has 1 aromatic carbocycles. The number of amides is 7. The van der Waals surface area contributed by atoms with Crippen LogP contribution in [0.15, 0.2) is 24.3 Å². The lowest BCUT2D eigenvalue weighted by atomic mass is 9.90. The van der Waals surface area contributed by atoms with Crippen LogP contribution in [-0.2, 0) is 54.3 Å². The van der Waals surface area contributed by atoms with Crippen molar-refractivity contribution in [3.05, 3.63) is 29.8 Å². The van der Waals surface area contributed by atoms with E-state index in [2.05, 4.69) is 21.3 Å². The summed E-state index contributed by atoms with van der Waals surface area (Å²) in [6.45, 7) is 15.2. The Kier molecular flexibility index (Phi) is 20.6. The van der Waals surface area contributed by atoms with Gasteiger partial charge in [0.1, 0.15) is 60.1 Å². The number of ketones is 1. The van der Waals surface area contributed by atoms with Gasteiger partial charge < -0.3 is 51.8 Å². The highest BCUT2D eigenvalue weighted by Gasteiger charge is 2.47. The fraction of sp³-hybridized carbons (Fsp3) is 0.681. The van der Waals surface area contributed by atoms with Gasteiger partial charge in [-0.25, -0.2) is 4.79 Å².